The molecule has 0 saturated heterocycles. The molecule has 1 aromatic carbocycles. The standard InChI is InChI=1S/C20H26N2O6S2/c1-20(2,3)28-19(23)17-15-9-13(27-11-16(15)29-18(17)21)10-22-30(24,25)14-7-5-12(26-4)6-8-14/h5-8,13,22H,9-11,21H2,1-4H3. The number of sulfonamides is 1. The average Bonchev–Trinajstić information content (AvgIpc) is 3.00. The fourth-order valence-electron chi connectivity index (χ4n) is 3.07. The van der Waals surface area contributed by atoms with Gasteiger partial charge in [0.2, 0.25) is 10.0 Å². The zero-order valence-electron chi connectivity index (χ0n) is 17.4. The molecule has 3 rings (SSSR count). The van der Waals surface area contributed by atoms with Crippen molar-refractivity contribution in [1.29, 1.82) is 0 Å². The molecule has 0 amide bonds. The lowest BCUT2D eigenvalue weighted by atomic mass is 10.0. The summed E-state index contributed by atoms with van der Waals surface area (Å²) in [6.45, 7) is 5.71. The van der Waals surface area contributed by atoms with Gasteiger partial charge in [-0.1, -0.05) is 0 Å². The Balaban J connectivity index is 1.71. The molecule has 3 N–H and O–H groups in total. The maximum Gasteiger partial charge on any atom is 0.341 e. The van der Waals surface area contributed by atoms with Crippen LogP contribution in [0.3, 0.4) is 0 Å². The van der Waals surface area contributed by atoms with Crippen molar-refractivity contribution in [3.63, 3.8) is 0 Å². The summed E-state index contributed by atoms with van der Waals surface area (Å²) in [5, 5.41) is 0.386. The van der Waals surface area contributed by atoms with E-state index in [-0.39, 0.29) is 18.0 Å². The van der Waals surface area contributed by atoms with Gasteiger partial charge in [-0.3, -0.25) is 0 Å². The van der Waals surface area contributed by atoms with Gasteiger partial charge < -0.3 is 19.9 Å². The molecule has 2 heterocycles. The van der Waals surface area contributed by atoms with Crippen LogP contribution in [-0.2, 0) is 32.5 Å². The van der Waals surface area contributed by atoms with Crippen molar-refractivity contribution in [1.82, 2.24) is 4.72 Å². The summed E-state index contributed by atoms with van der Waals surface area (Å²) < 4.78 is 44.0. The van der Waals surface area contributed by atoms with E-state index in [1.807, 2.05) is 0 Å². The quantitative estimate of drug-likeness (QED) is 0.645. The van der Waals surface area contributed by atoms with E-state index in [4.69, 9.17) is 19.9 Å². The average molecular weight is 455 g/mol. The first-order valence-corrected chi connectivity index (χ1v) is 11.7. The third-order valence-electron chi connectivity index (χ3n) is 4.47. The Morgan fingerprint density at radius 2 is 1.97 bits per heavy atom. The van der Waals surface area contributed by atoms with Crippen LogP contribution in [0, 0.1) is 0 Å². The molecule has 1 aromatic heterocycles. The highest BCUT2D eigenvalue weighted by Gasteiger charge is 2.31. The fourth-order valence-corrected chi connectivity index (χ4v) is 5.15. The molecule has 0 saturated carbocycles. The molecule has 1 atom stereocenters. The van der Waals surface area contributed by atoms with Crippen LogP contribution in [0.2, 0.25) is 0 Å². The number of fused-ring (bicyclic) bond motifs is 1. The van der Waals surface area contributed by atoms with Crippen molar-refractivity contribution >= 4 is 32.3 Å². The predicted molar refractivity (Wildman–Crippen MR) is 114 cm³/mol. The van der Waals surface area contributed by atoms with E-state index in [9.17, 15) is 13.2 Å². The van der Waals surface area contributed by atoms with Crippen LogP contribution in [0.25, 0.3) is 0 Å². The van der Waals surface area contributed by atoms with E-state index < -0.39 is 27.7 Å². The molecular formula is C20H26N2O6S2. The number of ether oxygens (including phenoxy) is 3. The Kier molecular flexibility index (Phi) is 6.42. The summed E-state index contributed by atoms with van der Waals surface area (Å²) in [6, 6.07) is 6.11. The molecule has 1 aliphatic heterocycles. The second-order valence-electron chi connectivity index (χ2n) is 7.91. The Bertz CT molecular complexity index is 1020. The normalized spacial score (nSPS) is 16.7. The summed E-state index contributed by atoms with van der Waals surface area (Å²) in [5.41, 5.74) is 6.56. The first kappa shape index (κ1) is 22.5. The number of anilines is 1. The number of esters is 1. The van der Waals surface area contributed by atoms with Crippen molar-refractivity contribution in [2.75, 3.05) is 19.4 Å². The lowest BCUT2D eigenvalue weighted by molar-refractivity contribution is 0.00628. The van der Waals surface area contributed by atoms with E-state index in [0.717, 1.165) is 10.4 Å². The van der Waals surface area contributed by atoms with Crippen molar-refractivity contribution in [3.05, 3.63) is 40.3 Å². The summed E-state index contributed by atoms with van der Waals surface area (Å²) in [4.78, 5) is 13.6. The minimum atomic E-state index is -3.71. The van der Waals surface area contributed by atoms with Crippen LogP contribution in [0.1, 0.15) is 41.6 Å². The highest BCUT2D eigenvalue weighted by molar-refractivity contribution is 7.89. The van der Waals surface area contributed by atoms with Crippen LogP contribution in [0.15, 0.2) is 29.2 Å². The Labute approximate surface area is 180 Å². The molecule has 164 valence electrons. The number of nitrogens with one attached hydrogen (secondary N) is 1. The fraction of sp³-hybridized carbons (Fsp3) is 0.450. The van der Waals surface area contributed by atoms with Crippen molar-refractivity contribution in [2.24, 2.45) is 0 Å². The van der Waals surface area contributed by atoms with Gasteiger partial charge in [0.15, 0.2) is 0 Å². The lowest BCUT2D eigenvalue weighted by Crippen LogP contribution is -2.37. The van der Waals surface area contributed by atoms with Crippen molar-refractivity contribution in [3.8, 4) is 5.75 Å². The van der Waals surface area contributed by atoms with Gasteiger partial charge in [-0.05, 0) is 50.6 Å². The van der Waals surface area contributed by atoms with E-state index in [1.165, 1.54) is 30.6 Å². The van der Waals surface area contributed by atoms with Crippen molar-refractivity contribution in [2.45, 2.75) is 50.4 Å². The molecule has 2 aromatic rings. The first-order valence-electron chi connectivity index (χ1n) is 9.39. The number of hydrogen-bond donors (Lipinski definition) is 2. The summed E-state index contributed by atoms with van der Waals surface area (Å²) in [6.07, 6.45) is -0.0661. The Morgan fingerprint density at radius 1 is 1.30 bits per heavy atom. The zero-order valence-corrected chi connectivity index (χ0v) is 19.0. The number of carbonyl (C=O) groups excluding carboxylic acids is 1. The molecule has 0 fully saturated rings. The van der Waals surface area contributed by atoms with Crippen LogP contribution in [0.5, 0.6) is 5.75 Å². The van der Waals surface area contributed by atoms with E-state index in [0.29, 0.717) is 22.7 Å². The first-order chi connectivity index (χ1) is 14.0. The zero-order chi connectivity index (χ0) is 22.1. The molecule has 0 radical (unpaired) electrons. The van der Waals surface area contributed by atoms with Crippen LogP contribution >= 0.6 is 11.3 Å². The molecule has 8 nitrogen and oxygen atoms in total. The molecule has 1 unspecified atom stereocenters. The highest BCUT2D eigenvalue weighted by Crippen LogP contribution is 2.37. The largest absolute Gasteiger partial charge is 0.497 e. The molecule has 30 heavy (non-hydrogen) atoms. The third-order valence-corrected chi connectivity index (χ3v) is 6.95. The third kappa shape index (κ3) is 5.12. The summed E-state index contributed by atoms with van der Waals surface area (Å²) >= 11 is 1.30. The maximum absolute atomic E-state index is 12.6. The van der Waals surface area contributed by atoms with Crippen LogP contribution < -0.4 is 15.2 Å². The molecule has 0 bridgehead atoms. The number of methoxy groups -OCH3 is 1. The maximum atomic E-state index is 12.6. The van der Waals surface area contributed by atoms with Gasteiger partial charge >= 0.3 is 5.97 Å². The number of rotatable bonds is 6. The smallest absolute Gasteiger partial charge is 0.341 e. The number of carbonyl (C=O) groups is 1. The van der Waals surface area contributed by atoms with Gasteiger partial charge in [-0.2, -0.15) is 0 Å². The second kappa shape index (κ2) is 8.54. The summed E-state index contributed by atoms with van der Waals surface area (Å²) in [7, 11) is -2.19. The van der Waals surface area contributed by atoms with Gasteiger partial charge in [0.1, 0.15) is 16.4 Å². The van der Waals surface area contributed by atoms with Crippen LogP contribution in [-0.4, -0.2) is 39.7 Å². The monoisotopic (exact) mass is 454 g/mol. The van der Waals surface area contributed by atoms with E-state index in [1.54, 1.807) is 32.9 Å². The molecule has 10 heteroatoms. The SMILES string of the molecule is COc1ccc(S(=O)(=O)NCC2Cc3c(sc(N)c3C(=O)OC(C)(C)C)CO2)cc1. The lowest BCUT2D eigenvalue weighted by Gasteiger charge is -2.25. The van der Waals surface area contributed by atoms with Gasteiger partial charge in [-0.25, -0.2) is 17.9 Å². The second-order valence-corrected chi connectivity index (χ2v) is 10.8. The van der Waals surface area contributed by atoms with Gasteiger partial charge in [0.25, 0.3) is 0 Å². The number of nitrogen functional groups attached to an aromatic ring is 1. The minimum absolute atomic E-state index is 0.0668. The number of benzene rings is 1. The van der Waals surface area contributed by atoms with Crippen molar-refractivity contribution < 1.29 is 27.4 Å². The molecule has 0 spiro atoms. The molecule has 0 aliphatic carbocycles. The summed E-state index contributed by atoms with van der Waals surface area (Å²) in [5.74, 6) is 0.0961. The van der Waals surface area contributed by atoms with Gasteiger partial charge in [-0.15, -0.1) is 11.3 Å². The van der Waals surface area contributed by atoms with E-state index in [2.05, 4.69) is 4.72 Å². The number of thiophene rings is 1. The minimum Gasteiger partial charge on any atom is -0.497 e. The Morgan fingerprint density at radius 3 is 2.57 bits per heavy atom. The predicted octanol–water partition coefficient (Wildman–Crippen LogP) is 2.71. The highest BCUT2D eigenvalue weighted by atomic mass is 32.2. The van der Waals surface area contributed by atoms with Gasteiger partial charge in [0, 0.05) is 17.8 Å². The number of nitrogens with two attached hydrogens (primary N) is 1. The van der Waals surface area contributed by atoms with Gasteiger partial charge in [0.05, 0.1) is 30.3 Å². The molecule has 1 aliphatic rings. The topological polar surface area (TPSA) is 117 Å². The van der Waals surface area contributed by atoms with Crippen LogP contribution in [0.4, 0.5) is 5.00 Å². The Hall–Kier alpha value is -2.14. The van der Waals surface area contributed by atoms with E-state index >= 15 is 0 Å². The molecular weight excluding hydrogens is 428 g/mol. The number of hydrogen-bond acceptors (Lipinski definition) is 8.